The van der Waals surface area contributed by atoms with Crippen LogP contribution in [0.1, 0.15) is 73.8 Å². The minimum atomic E-state index is 0.251. The van der Waals surface area contributed by atoms with E-state index in [2.05, 4.69) is 73.5 Å². The number of aromatic hydroxyl groups is 1. The first kappa shape index (κ1) is 29.3. The van der Waals surface area contributed by atoms with Crippen molar-refractivity contribution in [3.8, 4) is 17.2 Å². The van der Waals surface area contributed by atoms with E-state index in [0.717, 1.165) is 55.8 Å². The van der Waals surface area contributed by atoms with Crippen molar-refractivity contribution < 1.29 is 14.6 Å². The Kier molecular flexibility index (Phi) is 9.13. The van der Waals surface area contributed by atoms with Gasteiger partial charge in [0, 0.05) is 30.9 Å². The smallest absolute Gasteiger partial charge is 0.162 e. The van der Waals surface area contributed by atoms with Crippen LogP contribution in [-0.2, 0) is 25.7 Å². The lowest BCUT2D eigenvalue weighted by molar-refractivity contribution is 0.119. The number of rotatable bonds is 10. The Labute approximate surface area is 246 Å². The van der Waals surface area contributed by atoms with Gasteiger partial charge in [-0.05, 0) is 116 Å². The molecule has 2 unspecified atom stereocenters. The molecule has 3 aromatic carbocycles. The first-order chi connectivity index (χ1) is 19.7. The van der Waals surface area contributed by atoms with Gasteiger partial charge in [-0.2, -0.15) is 0 Å². The van der Waals surface area contributed by atoms with Gasteiger partial charge in [0.2, 0.25) is 0 Å². The third kappa shape index (κ3) is 7.37. The van der Waals surface area contributed by atoms with Crippen molar-refractivity contribution in [1.82, 2.24) is 4.90 Å². The molecule has 1 aliphatic carbocycles. The summed E-state index contributed by atoms with van der Waals surface area (Å²) in [7, 11) is 3.40. The summed E-state index contributed by atoms with van der Waals surface area (Å²) in [6.45, 7) is 10.6. The highest BCUT2D eigenvalue weighted by Crippen LogP contribution is 2.42. The predicted octanol–water partition coefficient (Wildman–Crippen LogP) is 7.39. The summed E-state index contributed by atoms with van der Waals surface area (Å²) in [5.74, 6) is 2.23. The Morgan fingerprint density at radius 1 is 0.976 bits per heavy atom. The van der Waals surface area contributed by atoms with Gasteiger partial charge in [-0.25, -0.2) is 0 Å². The second-order valence-corrected chi connectivity index (χ2v) is 13.0. The van der Waals surface area contributed by atoms with Crippen LogP contribution in [-0.4, -0.2) is 49.9 Å². The lowest BCUT2D eigenvalue weighted by atomic mass is 9.79. The Hall–Kier alpha value is -3.18. The fourth-order valence-corrected chi connectivity index (χ4v) is 6.90. The number of nitrogens with one attached hydrogen (secondary N) is 1. The van der Waals surface area contributed by atoms with Crippen LogP contribution in [0.4, 0.5) is 5.69 Å². The number of methoxy groups -OCH3 is 2. The molecule has 5 nitrogen and oxygen atoms in total. The third-order valence-electron chi connectivity index (χ3n) is 9.08. The largest absolute Gasteiger partial charge is 0.508 e. The number of aryl methyl sites for hydroxylation is 1. The van der Waals surface area contributed by atoms with Crippen molar-refractivity contribution in [2.45, 2.75) is 77.7 Å². The zero-order valence-electron chi connectivity index (χ0n) is 25.6. The van der Waals surface area contributed by atoms with Crippen LogP contribution in [0.15, 0.2) is 54.6 Å². The van der Waals surface area contributed by atoms with Gasteiger partial charge in [0.05, 0.1) is 14.2 Å². The maximum Gasteiger partial charge on any atom is 0.162 e. The highest BCUT2D eigenvalue weighted by Gasteiger charge is 2.27. The van der Waals surface area contributed by atoms with Crippen LogP contribution in [0.3, 0.4) is 0 Å². The number of likely N-dealkylation sites (tertiary alicyclic amines) is 1. The van der Waals surface area contributed by atoms with E-state index in [0.29, 0.717) is 17.1 Å². The normalized spacial score (nSPS) is 19.3. The number of benzene rings is 3. The monoisotopic (exact) mass is 556 g/mol. The Bertz CT molecular complexity index is 1320. The molecule has 3 aromatic rings. The molecule has 2 N–H and O–H groups in total. The molecule has 2 aliphatic rings. The molecule has 220 valence electrons. The lowest BCUT2D eigenvalue weighted by Crippen LogP contribution is -2.40. The Morgan fingerprint density at radius 2 is 1.71 bits per heavy atom. The maximum atomic E-state index is 9.93. The molecule has 5 heteroatoms. The van der Waals surface area contributed by atoms with E-state index >= 15 is 0 Å². The average Bonchev–Trinajstić information content (AvgIpc) is 2.95. The number of anilines is 1. The summed E-state index contributed by atoms with van der Waals surface area (Å²) >= 11 is 0. The van der Waals surface area contributed by atoms with Crippen molar-refractivity contribution in [1.29, 1.82) is 0 Å². The number of phenols is 1. The second-order valence-electron chi connectivity index (χ2n) is 13.0. The standard InChI is InChI=1S/C36H48N2O3/c1-25(19-27-9-7-26(8-10-27)15-18-38-17-6-16-36(2,3)24-38)37-33-23-35(41-5)34(40-4)22-32(33)30-12-11-29-21-31(39)14-13-28(29)20-30/h7-10,13-14,21-23,25,30,37,39H,6,11-12,15-20,24H2,1-5H3. The number of hydrogen-bond acceptors (Lipinski definition) is 5. The molecule has 0 bridgehead atoms. The molecule has 5 rings (SSSR count). The van der Waals surface area contributed by atoms with E-state index in [1.165, 1.54) is 53.7 Å². The van der Waals surface area contributed by atoms with Crippen molar-refractivity contribution >= 4 is 5.69 Å². The molecule has 1 fully saturated rings. The summed E-state index contributed by atoms with van der Waals surface area (Å²) in [4.78, 5) is 2.64. The molecule has 0 spiro atoms. The van der Waals surface area contributed by atoms with E-state index in [4.69, 9.17) is 9.47 Å². The van der Waals surface area contributed by atoms with E-state index in [-0.39, 0.29) is 6.04 Å². The van der Waals surface area contributed by atoms with Crippen LogP contribution in [0.2, 0.25) is 0 Å². The minimum absolute atomic E-state index is 0.251. The van der Waals surface area contributed by atoms with Gasteiger partial charge < -0.3 is 24.8 Å². The van der Waals surface area contributed by atoms with Gasteiger partial charge in [0.1, 0.15) is 5.75 Å². The molecule has 1 saturated heterocycles. The molecule has 41 heavy (non-hydrogen) atoms. The maximum absolute atomic E-state index is 9.93. The van der Waals surface area contributed by atoms with Crippen molar-refractivity contribution in [2.24, 2.45) is 5.41 Å². The minimum Gasteiger partial charge on any atom is -0.508 e. The lowest BCUT2D eigenvalue weighted by Gasteiger charge is -2.38. The van der Waals surface area contributed by atoms with E-state index in [1.807, 2.05) is 6.07 Å². The van der Waals surface area contributed by atoms with Crippen LogP contribution >= 0.6 is 0 Å². The van der Waals surface area contributed by atoms with Crippen LogP contribution < -0.4 is 14.8 Å². The number of fused-ring (bicyclic) bond motifs is 1. The van der Waals surface area contributed by atoms with Crippen molar-refractivity contribution in [3.63, 3.8) is 0 Å². The molecule has 0 radical (unpaired) electrons. The number of nitrogens with zero attached hydrogens (tertiary/aromatic N) is 1. The van der Waals surface area contributed by atoms with Gasteiger partial charge in [0.25, 0.3) is 0 Å². The van der Waals surface area contributed by atoms with E-state index < -0.39 is 0 Å². The van der Waals surface area contributed by atoms with E-state index in [1.54, 1.807) is 20.3 Å². The Morgan fingerprint density at radius 3 is 2.44 bits per heavy atom. The van der Waals surface area contributed by atoms with Gasteiger partial charge in [-0.3, -0.25) is 0 Å². The zero-order valence-corrected chi connectivity index (χ0v) is 25.6. The first-order valence-electron chi connectivity index (χ1n) is 15.4. The Balaban J connectivity index is 1.25. The highest BCUT2D eigenvalue weighted by atomic mass is 16.5. The molecule has 0 saturated carbocycles. The van der Waals surface area contributed by atoms with E-state index in [9.17, 15) is 5.11 Å². The zero-order chi connectivity index (χ0) is 29.0. The fraction of sp³-hybridized carbons (Fsp3) is 0.500. The van der Waals surface area contributed by atoms with Gasteiger partial charge in [-0.1, -0.05) is 44.2 Å². The summed E-state index contributed by atoms with van der Waals surface area (Å²) in [5.41, 5.74) is 8.18. The summed E-state index contributed by atoms with van der Waals surface area (Å²) in [6, 6.07) is 19.5. The first-order valence-corrected chi connectivity index (χ1v) is 15.4. The number of piperidine rings is 1. The summed E-state index contributed by atoms with van der Waals surface area (Å²) < 4.78 is 11.4. The molecule has 0 aromatic heterocycles. The van der Waals surface area contributed by atoms with Gasteiger partial charge >= 0.3 is 0 Å². The number of ether oxygens (including phenoxy) is 2. The molecule has 1 aliphatic heterocycles. The quantitative estimate of drug-likeness (QED) is 0.273. The number of hydrogen-bond donors (Lipinski definition) is 2. The van der Waals surface area contributed by atoms with Crippen molar-refractivity contribution in [3.05, 3.63) is 82.4 Å². The average molecular weight is 557 g/mol. The van der Waals surface area contributed by atoms with Crippen LogP contribution in [0, 0.1) is 5.41 Å². The SMILES string of the molecule is COc1cc(NC(C)Cc2ccc(CCN3CCCC(C)(C)C3)cc2)c(C2CCc3cc(O)ccc3C2)cc1OC. The van der Waals surface area contributed by atoms with Crippen molar-refractivity contribution in [2.75, 3.05) is 39.2 Å². The molecule has 0 amide bonds. The third-order valence-corrected chi connectivity index (χ3v) is 9.08. The summed E-state index contributed by atoms with van der Waals surface area (Å²) in [6.07, 6.45) is 7.66. The number of phenolic OH excluding ortho intramolecular Hbond substituents is 1. The van der Waals surface area contributed by atoms with Crippen LogP contribution in [0.25, 0.3) is 0 Å². The molecular weight excluding hydrogens is 508 g/mol. The highest BCUT2D eigenvalue weighted by molar-refractivity contribution is 5.63. The topological polar surface area (TPSA) is 54.0 Å². The fourth-order valence-electron chi connectivity index (χ4n) is 6.90. The van der Waals surface area contributed by atoms with Crippen LogP contribution in [0.5, 0.6) is 17.2 Å². The second kappa shape index (κ2) is 12.8. The summed E-state index contributed by atoms with van der Waals surface area (Å²) in [5, 5.41) is 13.8. The van der Waals surface area contributed by atoms with Gasteiger partial charge in [-0.15, -0.1) is 0 Å². The van der Waals surface area contributed by atoms with Gasteiger partial charge in [0.15, 0.2) is 11.5 Å². The molecular formula is C36H48N2O3. The predicted molar refractivity (Wildman–Crippen MR) is 169 cm³/mol. The molecule has 1 heterocycles. The molecule has 2 atom stereocenters.